The van der Waals surface area contributed by atoms with Gasteiger partial charge in [0.2, 0.25) is 20.9 Å². The van der Waals surface area contributed by atoms with E-state index in [9.17, 15) is 13.2 Å². The highest BCUT2D eigenvalue weighted by Crippen LogP contribution is 2.25. The molecule has 1 heterocycles. The molecular formula is C26H32ClN3O3S. The summed E-state index contributed by atoms with van der Waals surface area (Å²) in [6.07, 6.45) is 1.86. The fraction of sp³-hybridized carbons (Fsp3) is 0.385. The van der Waals surface area contributed by atoms with Crippen LogP contribution in [0, 0.1) is 5.92 Å². The maximum atomic E-state index is 13.3. The Labute approximate surface area is 207 Å². The zero-order chi connectivity index (χ0) is 24.9. The third kappa shape index (κ3) is 6.48. The van der Waals surface area contributed by atoms with Crippen LogP contribution < -0.4 is 0 Å². The van der Waals surface area contributed by atoms with Crippen LogP contribution in [0.25, 0.3) is 0 Å². The van der Waals surface area contributed by atoms with Crippen molar-refractivity contribution in [1.29, 1.82) is 0 Å². The van der Waals surface area contributed by atoms with Gasteiger partial charge in [-0.25, -0.2) is 13.4 Å². The molecule has 34 heavy (non-hydrogen) atoms. The molecule has 1 aromatic heterocycles. The predicted molar refractivity (Wildman–Crippen MR) is 135 cm³/mol. The van der Waals surface area contributed by atoms with Crippen LogP contribution in [0.3, 0.4) is 0 Å². The molecule has 0 unspecified atom stereocenters. The van der Waals surface area contributed by atoms with Gasteiger partial charge in [-0.2, -0.15) is 0 Å². The monoisotopic (exact) mass is 501 g/mol. The SMILES string of the molecule is CC(C)CN(Cc1cnc(S(=O)(=O)Cc2ccccc2Cl)n1C(C)C)C(=O)Cc1ccccc1. The summed E-state index contributed by atoms with van der Waals surface area (Å²) in [5.74, 6) is 0.0221. The normalized spacial score (nSPS) is 11.9. The van der Waals surface area contributed by atoms with Crippen LogP contribution in [0.4, 0.5) is 0 Å². The summed E-state index contributed by atoms with van der Waals surface area (Å²) in [6.45, 7) is 8.80. The van der Waals surface area contributed by atoms with Crippen molar-refractivity contribution >= 4 is 27.3 Å². The summed E-state index contributed by atoms with van der Waals surface area (Å²) in [4.78, 5) is 19.3. The van der Waals surface area contributed by atoms with E-state index in [-0.39, 0.29) is 35.3 Å². The van der Waals surface area contributed by atoms with Gasteiger partial charge in [0.25, 0.3) is 0 Å². The number of benzene rings is 2. The Morgan fingerprint density at radius 2 is 1.68 bits per heavy atom. The minimum Gasteiger partial charge on any atom is -0.336 e. The average Bonchev–Trinajstić information content (AvgIpc) is 3.20. The van der Waals surface area contributed by atoms with Gasteiger partial charge in [0.1, 0.15) is 0 Å². The van der Waals surface area contributed by atoms with E-state index >= 15 is 0 Å². The van der Waals surface area contributed by atoms with Crippen LogP contribution >= 0.6 is 11.6 Å². The van der Waals surface area contributed by atoms with Crippen molar-refractivity contribution < 1.29 is 13.2 Å². The lowest BCUT2D eigenvalue weighted by atomic mass is 10.1. The molecule has 0 aliphatic heterocycles. The van der Waals surface area contributed by atoms with Crippen molar-refractivity contribution in [2.24, 2.45) is 5.92 Å². The topological polar surface area (TPSA) is 72.3 Å². The first kappa shape index (κ1) is 26.0. The van der Waals surface area contributed by atoms with Crippen LogP contribution in [-0.2, 0) is 33.4 Å². The van der Waals surface area contributed by atoms with Crippen molar-refractivity contribution in [2.45, 2.75) is 57.6 Å². The predicted octanol–water partition coefficient (Wildman–Crippen LogP) is 5.32. The summed E-state index contributed by atoms with van der Waals surface area (Å²) >= 11 is 6.21. The summed E-state index contributed by atoms with van der Waals surface area (Å²) < 4.78 is 28.3. The highest BCUT2D eigenvalue weighted by atomic mass is 35.5. The molecule has 0 spiro atoms. The number of hydrogen-bond acceptors (Lipinski definition) is 4. The van der Waals surface area contributed by atoms with Gasteiger partial charge in [-0.05, 0) is 37.0 Å². The number of carbonyl (C=O) groups is 1. The first-order valence-corrected chi connectivity index (χ1v) is 13.5. The number of carbonyl (C=O) groups excluding carboxylic acids is 1. The summed E-state index contributed by atoms with van der Waals surface area (Å²) in [6, 6.07) is 16.4. The van der Waals surface area contributed by atoms with Gasteiger partial charge < -0.3 is 9.47 Å². The van der Waals surface area contributed by atoms with Crippen LogP contribution in [0.15, 0.2) is 66.0 Å². The molecule has 1 amide bonds. The number of hydrogen-bond donors (Lipinski definition) is 0. The first-order chi connectivity index (χ1) is 16.1. The van der Waals surface area contributed by atoms with E-state index in [2.05, 4.69) is 18.8 Å². The van der Waals surface area contributed by atoms with E-state index in [1.165, 1.54) is 0 Å². The van der Waals surface area contributed by atoms with Crippen molar-refractivity contribution in [1.82, 2.24) is 14.5 Å². The maximum absolute atomic E-state index is 13.3. The number of aromatic nitrogens is 2. The second kappa shape index (κ2) is 11.2. The zero-order valence-electron chi connectivity index (χ0n) is 20.1. The molecular weight excluding hydrogens is 470 g/mol. The minimum absolute atomic E-state index is 0.00238. The summed E-state index contributed by atoms with van der Waals surface area (Å²) in [7, 11) is -3.75. The molecule has 0 saturated carbocycles. The molecule has 2 aromatic carbocycles. The summed E-state index contributed by atoms with van der Waals surface area (Å²) in [5, 5.41) is 0.404. The number of rotatable bonds is 10. The Morgan fingerprint density at radius 3 is 2.29 bits per heavy atom. The molecule has 3 rings (SSSR count). The van der Waals surface area contributed by atoms with Crippen LogP contribution in [-0.4, -0.2) is 35.3 Å². The largest absolute Gasteiger partial charge is 0.336 e. The van der Waals surface area contributed by atoms with Crippen molar-refractivity contribution in [3.05, 3.63) is 82.6 Å². The third-order valence-electron chi connectivity index (χ3n) is 5.43. The first-order valence-electron chi connectivity index (χ1n) is 11.4. The van der Waals surface area contributed by atoms with Gasteiger partial charge in [-0.1, -0.05) is 74.0 Å². The number of amides is 1. The van der Waals surface area contributed by atoms with E-state index < -0.39 is 9.84 Å². The maximum Gasteiger partial charge on any atom is 0.228 e. The van der Waals surface area contributed by atoms with E-state index in [4.69, 9.17) is 11.6 Å². The number of halogens is 1. The van der Waals surface area contributed by atoms with Gasteiger partial charge in [0, 0.05) is 17.6 Å². The lowest BCUT2D eigenvalue weighted by molar-refractivity contribution is -0.131. The molecule has 0 fully saturated rings. The molecule has 0 radical (unpaired) electrons. The second-order valence-electron chi connectivity index (χ2n) is 9.18. The number of imidazole rings is 1. The zero-order valence-corrected chi connectivity index (χ0v) is 21.7. The molecule has 0 saturated heterocycles. The molecule has 0 bridgehead atoms. The Hall–Kier alpha value is -2.64. The molecule has 0 N–H and O–H groups in total. The fourth-order valence-corrected chi connectivity index (χ4v) is 5.85. The van der Waals surface area contributed by atoms with E-state index in [1.54, 1.807) is 39.9 Å². The van der Waals surface area contributed by atoms with Crippen molar-refractivity contribution in [2.75, 3.05) is 6.54 Å². The molecule has 3 aromatic rings. The Kier molecular flexibility index (Phi) is 8.55. The van der Waals surface area contributed by atoms with Crippen LogP contribution in [0.2, 0.25) is 5.02 Å². The Bertz CT molecular complexity index is 1220. The highest BCUT2D eigenvalue weighted by Gasteiger charge is 2.27. The quantitative estimate of drug-likeness (QED) is 0.377. The van der Waals surface area contributed by atoms with Gasteiger partial charge in [-0.15, -0.1) is 0 Å². The van der Waals surface area contributed by atoms with Gasteiger partial charge in [-0.3, -0.25) is 4.79 Å². The number of nitrogens with zero attached hydrogens (tertiary/aromatic N) is 3. The van der Waals surface area contributed by atoms with E-state index in [0.717, 1.165) is 5.56 Å². The Balaban J connectivity index is 1.91. The van der Waals surface area contributed by atoms with E-state index in [0.29, 0.717) is 29.2 Å². The fourth-order valence-electron chi connectivity index (χ4n) is 3.93. The molecule has 0 atom stereocenters. The highest BCUT2D eigenvalue weighted by molar-refractivity contribution is 7.90. The van der Waals surface area contributed by atoms with E-state index in [1.807, 2.05) is 44.2 Å². The minimum atomic E-state index is -3.75. The smallest absolute Gasteiger partial charge is 0.228 e. The standard InChI is InChI=1S/C26H32ClN3O3S/c1-19(2)16-29(25(31)14-21-10-6-5-7-11-21)17-23-15-28-26(30(23)20(3)4)34(32,33)18-22-12-8-9-13-24(22)27/h5-13,15,19-20H,14,16-18H2,1-4H3. The van der Waals surface area contributed by atoms with Crippen molar-refractivity contribution in [3.8, 4) is 0 Å². The average molecular weight is 502 g/mol. The van der Waals surface area contributed by atoms with Gasteiger partial charge in [0.15, 0.2) is 0 Å². The second-order valence-corrected chi connectivity index (χ2v) is 11.5. The van der Waals surface area contributed by atoms with Crippen LogP contribution in [0.1, 0.15) is 50.6 Å². The third-order valence-corrected chi connectivity index (χ3v) is 7.34. The van der Waals surface area contributed by atoms with Crippen LogP contribution in [0.5, 0.6) is 0 Å². The van der Waals surface area contributed by atoms with Gasteiger partial charge in [0.05, 0.1) is 30.6 Å². The molecule has 182 valence electrons. The lowest BCUT2D eigenvalue weighted by Crippen LogP contribution is -2.35. The molecule has 0 aliphatic carbocycles. The number of sulfone groups is 1. The lowest BCUT2D eigenvalue weighted by Gasteiger charge is -2.26. The molecule has 8 heteroatoms. The molecule has 0 aliphatic rings. The Morgan fingerprint density at radius 1 is 1.03 bits per heavy atom. The van der Waals surface area contributed by atoms with Crippen molar-refractivity contribution in [3.63, 3.8) is 0 Å². The molecule has 6 nitrogen and oxygen atoms in total. The summed E-state index contributed by atoms with van der Waals surface area (Å²) in [5.41, 5.74) is 2.17. The van der Waals surface area contributed by atoms with Gasteiger partial charge >= 0.3 is 0 Å².